The van der Waals surface area contributed by atoms with Crippen LogP contribution >= 0.6 is 0 Å². The number of hydrogen-bond acceptors (Lipinski definition) is 12. The second kappa shape index (κ2) is 19.6. The van der Waals surface area contributed by atoms with Crippen LogP contribution in [0.4, 0.5) is 9.59 Å². The minimum atomic E-state index is -0.804. The molecule has 1 fully saturated rings. The zero-order chi connectivity index (χ0) is 33.2. The summed E-state index contributed by atoms with van der Waals surface area (Å²) in [6.07, 6.45) is 0.991. The van der Waals surface area contributed by atoms with Gasteiger partial charge in [-0.15, -0.1) is 0 Å². The van der Waals surface area contributed by atoms with Crippen LogP contribution in [0.2, 0.25) is 0 Å². The minimum absolute atomic E-state index is 0.0192. The van der Waals surface area contributed by atoms with Crippen molar-refractivity contribution >= 4 is 36.6 Å². The van der Waals surface area contributed by atoms with Crippen LogP contribution in [0.5, 0.6) is 0 Å². The monoisotopic (exact) mass is 634 g/mol. The summed E-state index contributed by atoms with van der Waals surface area (Å²) < 4.78 is 30.2. The van der Waals surface area contributed by atoms with Crippen molar-refractivity contribution in [3.63, 3.8) is 0 Å². The topological polar surface area (TPSA) is 182 Å². The summed E-state index contributed by atoms with van der Waals surface area (Å²) in [5.74, 6) is -1.80. The lowest BCUT2D eigenvalue weighted by molar-refractivity contribution is -0.140. The van der Waals surface area contributed by atoms with Gasteiger partial charge in [0, 0.05) is 18.7 Å². The van der Waals surface area contributed by atoms with Gasteiger partial charge in [-0.2, -0.15) is 0 Å². The fraction of sp³-hybridized carbons (Fsp3) is 0.548. The lowest BCUT2D eigenvalue weighted by Crippen LogP contribution is -2.38. The molecule has 0 spiro atoms. The Balaban J connectivity index is 1.71. The number of carbonyl (C=O) groups is 6. The van der Waals surface area contributed by atoms with Gasteiger partial charge in [0.2, 0.25) is 0 Å². The van der Waals surface area contributed by atoms with Crippen LogP contribution in [-0.2, 0) is 38.0 Å². The largest absolute Gasteiger partial charge is 0.464 e. The zero-order valence-corrected chi connectivity index (χ0v) is 25.9. The SMILES string of the molecule is C=C(C)C(=O)OCCOC(=O)c1ccccc1C(=O)OCC(C)OC(=O)NCC1CCCC(CNC(=O)OC(C)COC=O)C1. The Labute approximate surface area is 262 Å². The maximum absolute atomic E-state index is 12.7. The Bertz CT molecular complexity index is 1190. The van der Waals surface area contributed by atoms with E-state index in [1.54, 1.807) is 26.0 Å². The van der Waals surface area contributed by atoms with Crippen molar-refractivity contribution in [3.05, 3.63) is 47.5 Å². The van der Waals surface area contributed by atoms with E-state index in [9.17, 15) is 28.8 Å². The molecule has 0 bridgehead atoms. The molecule has 1 aliphatic carbocycles. The van der Waals surface area contributed by atoms with Crippen molar-refractivity contribution in [3.8, 4) is 0 Å². The van der Waals surface area contributed by atoms with Gasteiger partial charge in [-0.3, -0.25) is 4.79 Å². The van der Waals surface area contributed by atoms with Gasteiger partial charge in [-0.1, -0.05) is 25.1 Å². The predicted octanol–water partition coefficient (Wildman–Crippen LogP) is 3.33. The number of rotatable bonds is 17. The van der Waals surface area contributed by atoms with E-state index in [0.29, 0.717) is 19.6 Å². The molecule has 14 heteroatoms. The Hall–Kier alpha value is -4.62. The van der Waals surface area contributed by atoms with E-state index in [4.69, 9.17) is 23.7 Å². The van der Waals surface area contributed by atoms with E-state index in [0.717, 1.165) is 25.7 Å². The second-order valence-corrected chi connectivity index (χ2v) is 10.7. The molecule has 2 N–H and O–H groups in total. The first-order valence-electron chi connectivity index (χ1n) is 14.7. The molecule has 1 aliphatic rings. The lowest BCUT2D eigenvalue weighted by atomic mass is 9.81. The zero-order valence-electron chi connectivity index (χ0n) is 25.9. The number of benzene rings is 1. The molecule has 1 aromatic rings. The fourth-order valence-corrected chi connectivity index (χ4v) is 4.50. The van der Waals surface area contributed by atoms with Crippen LogP contribution in [0, 0.1) is 11.8 Å². The third kappa shape index (κ3) is 14.1. The van der Waals surface area contributed by atoms with Gasteiger partial charge >= 0.3 is 30.1 Å². The molecular weight excluding hydrogens is 592 g/mol. The third-order valence-corrected chi connectivity index (χ3v) is 6.69. The van der Waals surface area contributed by atoms with Gasteiger partial charge < -0.3 is 39.1 Å². The molecule has 0 radical (unpaired) electrons. The van der Waals surface area contributed by atoms with E-state index in [-0.39, 0.29) is 55.0 Å². The summed E-state index contributed by atoms with van der Waals surface area (Å²) in [6.45, 7) is 8.58. The van der Waals surface area contributed by atoms with Gasteiger partial charge in [0.25, 0.3) is 6.47 Å². The molecule has 0 aliphatic heterocycles. The highest BCUT2D eigenvalue weighted by molar-refractivity contribution is 6.03. The van der Waals surface area contributed by atoms with Crippen molar-refractivity contribution < 1.29 is 57.2 Å². The Morgan fingerprint density at radius 2 is 1.36 bits per heavy atom. The quantitative estimate of drug-likeness (QED) is 0.0840. The Morgan fingerprint density at radius 3 is 1.89 bits per heavy atom. The molecule has 2 rings (SSSR count). The fourth-order valence-electron chi connectivity index (χ4n) is 4.50. The highest BCUT2D eigenvalue weighted by Gasteiger charge is 2.24. The number of esters is 3. The van der Waals surface area contributed by atoms with Crippen LogP contribution < -0.4 is 10.6 Å². The minimum Gasteiger partial charge on any atom is -0.464 e. The average Bonchev–Trinajstić information content (AvgIpc) is 3.02. The highest BCUT2D eigenvalue weighted by atomic mass is 16.6. The lowest BCUT2D eigenvalue weighted by Gasteiger charge is -2.29. The van der Waals surface area contributed by atoms with Gasteiger partial charge in [-0.25, -0.2) is 24.0 Å². The van der Waals surface area contributed by atoms with E-state index >= 15 is 0 Å². The van der Waals surface area contributed by atoms with Crippen molar-refractivity contribution in [2.24, 2.45) is 11.8 Å². The maximum Gasteiger partial charge on any atom is 0.407 e. The van der Waals surface area contributed by atoms with Crippen molar-refractivity contribution in [1.29, 1.82) is 0 Å². The highest BCUT2D eigenvalue weighted by Crippen LogP contribution is 2.28. The Kier molecular flexibility index (Phi) is 15.9. The normalized spacial score (nSPS) is 17.0. The van der Waals surface area contributed by atoms with Gasteiger partial charge in [0.05, 0.1) is 11.1 Å². The predicted molar refractivity (Wildman–Crippen MR) is 158 cm³/mol. The molecule has 45 heavy (non-hydrogen) atoms. The van der Waals surface area contributed by atoms with E-state index in [2.05, 4.69) is 21.9 Å². The van der Waals surface area contributed by atoms with Gasteiger partial charge in [0.15, 0.2) is 0 Å². The Morgan fingerprint density at radius 1 is 0.844 bits per heavy atom. The smallest absolute Gasteiger partial charge is 0.407 e. The van der Waals surface area contributed by atoms with E-state index in [1.807, 2.05) is 0 Å². The van der Waals surface area contributed by atoms with Crippen LogP contribution in [0.1, 0.15) is 67.2 Å². The molecule has 2 amide bonds. The molecule has 4 atom stereocenters. The molecule has 1 aromatic carbocycles. The maximum atomic E-state index is 12.7. The van der Waals surface area contributed by atoms with Crippen molar-refractivity contribution in [2.75, 3.05) is 39.5 Å². The first-order valence-corrected chi connectivity index (χ1v) is 14.7. The summed E-state index contributed by atoms with van der Waals surface area (Å²) in [7, 11) is 0. The number of ether oxygens (including phenoxy) is 6. The summed E-state index contributed by atoms with van der Waals surface area (Å²) in [5, 5.41) is 5.47. The first kappa shape index (κ1) is 36.6. The summed E-state index contributed by atoms with van der Waals surface area (Å²) in [6, 6.07) is 5.91. The molecule has 4 unspecified atom stereocenters. The number of hydrogen-bond donors (Lipinski definition) is 2. The van der Waals surface area contributed by atoms with Crippen LogP contribution in [-0.4, -0.2) is 88.3 Å². The number of carbonyl (C=O) groups excluding carboxylic acids is 6. The van der Waals surface area contributed by atoms with Crippen LogP contribution in [0.3, 0.4) is 0 Å². The molecule has 248 valence electrons. The molecule has 1 saturated carbocycles. The second-order valence-electron chi connectivity index (χ2n) is 10.7. The average molecular weight is 635 g/mol. The standard InChI is InChI=1S/C31H42N2O12/c1-20(2)27(35)41-12-13-42-28(36)25-10-5-6-11-26(25)29(37)43-18-22(4)45-31(39)33-16-24-9-7-8-23(14-24)15-32-30(38)44-21(3)17-40-19-34/h5-6,10-11,19,21-24H,1,7-9,12-18H2,2-4H3,(H,32,38)(H,33,39). The molecular formula is C31H42N2O12. The van der Waals surface area contributed by atoms with Gasteiger partial charge in [0.1, 0.15) is 38.6 Å². The first-order chi connectivity index (χ1) is 21.5. The number of amides is 2. The summed E-state index contributed by atoms with van der Waals surface area (Å²) in [4.78, 5) is 71.1. The van der Waals surface area contributed by atoms with Crippen molar-refractivity contribution in [2.45, 2.75) is 58.7 Å². The van der Waals surface area contributed by atoms with Gasteiger partial charge in [-0.05, 0) is 64.0 Å². The summed E-state index contributed by atoms with van der Waals surface area (Å²) >= 11 is 0. The number of alkyl carbamates (subject to hydrolysis) is 2. The molecule has 0 aromatic heterocycles. The van der Waals surface area contributed by atoms with Crippen molar-refractivity contribution in [1.82, 2.24) is 10.6 Å². The molecule has 14 nitrogen and oxygen atoms in total. The van der Waals surface area contributed by atoms with E-state index in [1.165, 1.54) is 19.1 Å². The molecule has 0 saturated heterocycles. The number of nitrogens with one attached hydrogen (secondary N) is 2. The van der Waals surface area contributed by atoms with E-state index < -0.39 is 42.3 Å². The third-order valence-electron chi connectivity index (χ3n) is 6.69. The summed E-state index contributed by atoms with van der Waals surface area (Å²) in [5.41, 5.74) is 0.149. The van der Waals surface area contributed by atoms with Crippen LogP contribution in [0.25, 0.3) is 0 Å². The van der Waals surface area contributed by atoms with Crippen LogP contribution in [0.15, 0.2) is 36.4 Å². The molecule has 0 heterocycles.